The van der Waals surface area contributed by atoms with Crippen LogP contribution in [0.3, 0.4) is 0 Å². The molecule has 0 saturated carbocycles. The second kappa shape index (κ2) is 8.69. The van der Waals surface area contributed by atoms with Crippen LogP contribution in [0.25, 0.3) is 33.4 Å². The van der Waals surface area contributed by atoms with Crippen LogP contribution in [-0.2, 0) is 0 Å². The molecule has 0 aliphatic carbocycles. The zero-order valence-electron chi connectivity index (χ0n) is 18.8. The highest BCUT2D eigenvalue weighted by atomic mass is 16.3. The number of carbonyl (C=O) groups excluding carboxylic acids is 1. The van der Waals surface area contributed by atoms with Crippen LogP contribution in [0.1, 0.15) is 16.9 Å². The van der Waals surface area contributed by atoms with Crippen molar-refractivity contribution in [2.45, 2.75) is 12.5 Å². The van der Waals surface area contributed by atoms with Crippen molar-refractivity contribution in [1.82, 2.24) is 30.0 Å². The molecule has 4 heterocycles. The van der Waals surface area contributed by atoms with Crippen LogP contribution in [0.4, 0.5) is 11.5 Å². The Kier molecular flexibility index (Phi) is 5.23. The third-order valence-corrected chi connectivity index (χ3v) is 6.21. The van der Waals surface area contributed by atoms with Crippen molar-refractivity contribution < 1.29 is 9.90 Å². The number of aromatic nitrogens is 5. The Morgan fingerprint density at radius 1 is 1.06 bits per heavy atom. The van der Waals surface area contributed by atoms with Gasteiger partial charge in [0.1, 0.15) is 11.5 Å². The maximum Gasteiger partial charge on any atom is 0.270 e. The summed E-state index contributed by atoms with van der Waals surface area (Å²) in [5, 5.41) is 20.8. The molecule has 4 N–H and O–H groups in total. The summed E-state index contributed by atoms with van der Waals surface area (Å²) in [7, 11) is 0. The van der Waals surface area contributed by atoms with Gasteiger partial charge >= 0.3 is 0 Å². The van der Waals surface area contributed by atoms with Crippen molar-refractivity contribution in [2.24, 2.45) is 0 Å². The molecule has 6 rings (SSSR count). The Morgan fingerprint density at radius 3 is 2.69 bits per heavy atom. The van der Waals surface area contributed by atoms with Crippen LogP contribution < -0.4 is 5.32 Å². The normalized spacial score (nSPS) is 15.6. The highest BCUT2D eigenvalue weighted by Gasteiger charge is 2.26. The van der Waals surface area contributed by atoms with Gasteiger partial charge in [-0.2, -0.15) is 5.10 Å². The molecule has 0 unspecified atom stereocenters. The minimum atomic E-state index is -0.442. The van der Waals surface area contributed by atoms with E-state index < -0.39 is 6.10 Å². The number of fused-ring (bicyclic) bond motifs is 1. The maximum absolute atomic E-state index is 12.8. The standard InChI is InChI=1S/C26H23N7O2/c34-21-8-10-33(15-21)26(35)23-11-17-1-2-18(12-22(17)31-23)25-27-9-7-24(32-25)30-20-5-3-16(4-6-20)19-13-28-29-14-19/h1-7,9,11-14,21,31,34H,8,10,15H2,(H,28,29)(H,27,30,32)/t21-/m0/s1. The summed E-state index contributed by atoms with van der Waals surface area (Å²) in [5.74, 6) is 1.17. The van der Waals surface area contributed by atoms with Crippen molar-refractivity contribution in [2.75, 3.05) is 18.4 Å². The number of aromatic amines is 2. The molecule has 1 fully saturated rings. The summed E-state index contributed by atoms with van der Waals surface area (Å²) in [4.78, 5) is 26.8. The van der Waals surface area contributed by atoms with E-state index in [1.165, 1.54) is 0 Å². The first-order valence-corrected chi connectivity index (χ1v) is 11.4. The number of rotatable bonds is 5. The van der Waals surface area contributed by atoms with Gasteiger partial charge in [-0.25, -0.2) is 9.97 Å². The van der Waals surface area contributed by atoms with E-state index in [1.54, 1.807) is 17.3 Å². The van der Waals surface area contributed by atoms with Crippen LogP contribution in [0, 0.1) is 0 Å². The van der Waals surface area contributed by atoms with Crippen LogP contribution in [0.2, 0.25) is 0 Å². The van der Waals surface area contributed by atoms with Gasteiger partial charge in [0.05, 0.1) is 12.3 Å². The SMILES string of the molecule is O=C(c1cc2ccc(-c3nccc(Nc4ccc(-c5cn[nH]c5)cc4)n3)cc2[nH]1)N1CC[C@H](O)C1. The quantitative estimate of drug-likeness (QED) is 0.312. The number of aliphatic hydroxyl groups is 1. The van der Waals surface area contributed by atoms with Crippen molar-refractivity contribution in [1.29, 1.82) is 0 Å². The summed E-state index contributed by atoms with van der Waals surface area (Å²) in [5.41, 5.74) is 5.21. The number of anilines is 2. The van der Waals surface area contributed by atoms with Crippen LogP contribution in [0.5, 0.6) is 0 Å². The first-order valence-electron chi connectivity index (χ1n) is 11.4. The van der Waals surface area contributed by atoms with Crippen LogP contribution >= 0.6 is 0 Å². The molecule has 3 aromatic heterocycles. The van der Waals surface area contributed by atoms with Gasteiger partial charge in [-0.3, -0.25) is 9.89 Å². The van der Waals surface area contributed by atoms with E-state index in [0.29, 0.717) is 36.8 Å². The Morgan fingerprint density at radius 2 is 1.91 bits per heavy atom. The number of hydrogen-bond donors (Lipinski definition) is 4. The van der Waals surface area contributed by atoms with Crippen LogP contribution in [-0.4, -0.2) is 60.3 Å². The average molecular weight is 466 g/mol. The van der Waals surface area contributed by atoms with Gasteiger partial charge in [0, 0.05) is 53.2 Å². The van der Waals surface area contributed by atoms with E-state index in [2.05, 4.69) is 30.5 Å². The van der Waals surface area contributed by atoms with E-state index in [9.17, 15) is 9.90 Å². The predicted octanol–water partition coefficient (Wildman–Crippen LogP) is 3.97. The molecule has 5 aromatic rings. The van der Waals surface area contributed by atoms with E-state index >= 15 is 0 Å². The minimum absolute atomic E-state index is 0.0967. The molecule has 9 nitrogen and oxygen atoms in total. The lowest BCUT2D eigenvalue weighted by molar-refractivity contribution is 0.0760. The minimum Gasteiger partial charge on any atom is -0.391 e. The van der Waals surface area contributed by atoms with Gasteiger partial charge in [0.25, 0.3) is 5.91 Å². The number of carbonyl (C=O) groups is 1. The van der Waals surface area contributed by atoms with Gasteiger partial charge in [-0.1, -0.05) is 24.3 Å². The number of nitrogens with one attached hydrogen (secondary N) is 3. The second-order valence-corrected chi connectivity index (χ2v) is 8.63. The average Bonchev–Trinajstić information content (AvgIpc) is 3.65. The lowest BCUT2D eigenvalue weighted by Gasteiger charge is -2.13. The Bertz CT molecular complexity index is 1490. The number of likely N-dealkylation sites (tertiary alicyclic amines) is 1. The van der Waals surface area contributed by atoms with Gasteiger partial charge in [0.2, 0.25) is 0 Å². The topological polar surface area (TPSA) is 123 Å². The number of nitrogens with zero attached hydrogens (tertiary/aromatic N) is 4. The molecule has 2 aromatic carbocycles. The second-order valence-electron chi connectivity index (χ2n) is 8.63. The van der Waals surface area contributed by atoms with Gasteiger partial charge in [0.15, 0.2) is 5.82 Å². The van der Waals surface area contributed by atoms with E-state index in [-0.39, 0.29) is 5.91 Å². The molecular weight excluding hydrogens is 442 g/mol. The first-order chi connectivity index (χ1) is 17.1. The zero-order chi connectivity index (χ0) is 23.8. The van der Waals surface area contributed by atoms with Crippen molar-refractivity contribution in [3.63, 3.8) is 0 Å². The van der Waals surface area contributed by atoms with Gasteiger partial charge < -0.3 is 20.3 Å². The largest absolute Gasteiger partial charge is 0.391 e. The molecule has 0 radical (unpaired) electrons. The summed E-state index contributed by atoms with van der Waals surface area (Å²) in [6, 6.07) is 17.5. The number of amides is 1. The Balaban J connectivity index is 1.22. The van der Waals surface area contributed by atoms with Crippen molar-refractivity contribution >= 4 is 28.3 Å². The highest BCUT2D eigenvalue weighted by molar-refractivity contribution is 5.98. The zero-order valence-corrected chi connectivity index (χ0v) is 18.8. The smallest absolute Gasteiger partial charge is 0.270 e. The fourth-order valence-corrected chi connectivity index (χ4v) is 4.35. The summed E-state index contributed by atoms with van der Waals surface area (Å²) in [6.07, 6.45) is 5.54. The summed E-state index contributed by atoms with van der Waals surface area (Å²) < 4.78 is 0. The highest BCUT2D eigenvalue weighted by Crippen LogP contribution is 2.26. The fourth-order valence-electron chi connectivity index (χ4n) is 4.35. The van der Waals surface area contributed by atoms with Crippen LogP contribution in [0.15, 0.2) is 73.2 Å². The molecule has 35 heavy (non-hydrogen) atoms. The number of benzene rings is 2. The molecule has 174 valence electrons. The lowest BCUT2D eigenvalue weighted by atomic mass is 10.1. The Labute approximate surface area is 200 Å². The molecule has 1 saturated heterocycles. The molecule has 1 atom stereocenters. The maximum atomic E-state index is 12.8. The predicted molar refractivity (Wildman–Crippen MR) is 133 cm³/mol. The summed E-state index contributed by atoms with van der Waals surface area (Å²) in [6.45, 7) is 0.944. The third-order valence-electron chi connectivity index (χ3n) is 6.21. The van der Waals surface area contributed by atoms with Gasteiger partial charge in [-0.05, 0) is 42.3 Å². The van der Waals surface area contributed by atoms with Crippen molar-refractivity contribution in [3.8, 4) is 22.5 Å². The van der Waals surface area contributed by atoms with E-state index in [0.717, 1.165) is 33.3 Å². The third kappa shape index (κ3) is 4.24. The fraction of sp³-hybridized carbons (Fsp3) is 0.154. The van der Waals surface area contributed by atoms with E-state index in [4.69, 9.17) is 0 Å². The molecule has 9 heteroatoms. The molecule has 0 bridgehead atoms. The number of hydrogen-bond acceptors (Lipinski definition) is 6. The molecule has 1 aliphatic rings. The Hall–Kier alpha value is -4.50. The molecule has 0 spiro atoms. The molecular formula is C26H23N7O2. The van der Waals surface area contributed by atoms with Crippen molar-refractivity contribution in [3.05, 3.63) is 78.9 Å². The molecule has 1 amide bonds. The van der Waals surface area contributed by atoms with Gasteiger partial charge in [-0.15, -0.1) is 0 Å². The molecule has 1 aliphatic heterocycles. The number of H-pyrrole nitrogens is 2. The number of β-amino-alcohol motifs (C(OH)–C–C–N with tert-alkyl or cyclic N) is 1. The summed E-state index contributed by atoms with van der Waals surface area (Å²) >= 11 is 0. The van der Waals surface area contributed by atoms with E-state index in [1.807, 2.05) is 60.8 Å². The first kappa shape index (κ1) is 21.1. The monoisotopic (exact) mass is 465 g/mol. The number of aliphatic hydroxyl groups excluding tert-OH is 1. The lowest BCUT2D eigenvalue weighted by Crippen LogP contribution is -2.29.